The average molecular weight is 545 g/mol. The quantitative estimate of drug-likeness (QED) is 0.120. The van der Waals surface area contributed by atoms with Gasteiger partial charge in [-0.05, 0) is 50.8 Å². The molecule has 9 heteroatoms. The molecule has 1 fully saturated rings. The molecule has 0 unspecified atom stereocenters. The van der Waals surface area contributed by atoms with E-state index in [-0.39, 0.29) is 23.8 Å². The summed E-state index contributed by atoms with van der Waals surface area (Å²) in [6, 6.07) is 13.5. The minimum Gasteiger partial charge on any atom is -0.441 e. The second kappa shape index (κ2) is 12.3. The van der Waals surface area contributed by atoms with Gasteiger partial charge in [0.05, 0.1) is 6.04 Å². The van der Waals surface area contributed by atoms with E-state index in [0.717, 1.165) is 35.7 Å². The second-order valence-corrected chi connectivity index (χ2v) is 10.9. The number of anilines is 1. The van der Waals surface area contributed by atoms with Gasteiger partial charge in [-0.1, -0.05) is 50.4 Å². The van der Waals surface area contributed by atoms with E-state index in [0.29, 0.717) is 29.4 Å². The number of hydrazone groups is 1. The van der Waals surface area contributed by atoms with E-state index < -0.39 is 0 Å². The normalized spacial score (nSPS) is 16.2. The molecule has 0 spiro atoms. The highest BCUT2D eigenvalue weighted by Crippen LogP contribution is 2.35. The summed E-state index contributed by atoms with van der Waals surface area (Å²) in [5.74, 6) is 6.83. The van der Waals surface area contributed by atoms with Crippen molar-refractivity contribution in [2.45, 2.75) is 46.1 Å². The van der Waals surface area contributed by atoms with Crippen LogP contribution in [0, 0.1) is 12.8 Å². The van der Waals surface area contributed by atoms with Crippen molar-refractivity contribution >= 4 is 29.0 Å². The lowest BCUT2D eigenvalue weighted by Crippen LogP contribution is -2.31. The number of hydrogen-bond acceptors (Lipinski definition) is 8. The zero-order valence-corrected chi connectivity index (χ0v) is 23.9. The van der Waals surface area contributed by atoms with Crippen LogP contribution >= 0.6 is 11.3 Å². The van der Waals surface area contributed by atoms with Gasteiger partial charge in [-0.25, -0.2) is 9.97 Å². The van der Waals surface area contributed by atoms with Crippen LogP contribution < -0.4 is 10.7 Å². The van der Waals surface area contributed by atoms with E-state index in [1.165, 1.54) is 5.56 Å². The SMILES string of the molecule is C=C(O/C(=N\N)c1cc(C(=O)N2CCC[C@@H]2c2nc(C)cs2)cc(N(C)C(=C)C)n1)[C@@H](C)Cc1ccccc1. The number of nitrogens with two attached hydrogens (primary N) is 1. The van der Waals surface area contributed by atoms with Gasteiger partial charge in [0.1, 0.15) is 22.3 Å². The molecule has 0 saturated carbocycles. The molecule has 1 aliphatic rings. The number of aryl methyl sites for hydroxylation is 1. The van der Waals surface area contributed by atoms with Crippen molar-refractivity contribution in [2.24, 2.45) is 16.9 Å². The minimum absolute atomic E-state index is 0.00126. The first-order valence-electron chi connectivity index (χ1n) is 13.0. The van der Waals surface area contributed by atoms with Crippen molar-refractivity contribution in [3.8, 4) is 0 Å². The lowest BCUT2D eigenvalue weighted by atomic mass is 10.00. The molecule has 2 N–H and O–H groups in total. The third-order valence-corrected chi connectivity index (χ3v) is 7.97. The molecule has 0 bridgehead atoms. The number of nitrogens with zero attached hydrogens (tertiary/aromatic N) is 5. The third kappa shape index (κ3) is 6.54. The molecule has 204 valence electrons. The number of pyridine rings is 1. The summed E-state index contributed by atoms with van der Waals surface area (Å²) < 4.78 is 6.06. The smallest absolute Gasteiger partial charge is 0.261 e. The molecular formula is C30H36N6O2S. The summed E-state index contributed by atoms with van der Waals surface area (Å²) in [5, 5.41) is 6.88. The van der Waals surface area contributed by atoms with Crippen LogP contribution in [0.3, 0.4) is 0 Å². The number of carbonyl (C=O) groups is 1. The van der Waals surface area contributed by atoms with Crippen LogP contribution in [-0.2, 0) is 11.2 Å². The Hall–Kier alpha value is -3.98. The summed E-state index contributed by atoms with van der Waals surface area (Å²) in [6.45, 7) is 14.7. The van der Waals surface area contributed by atoms with E-state index in [1.807, 2.05) is 61.2 Å². The molecule has 3 heterocycles. The van der Waals surface area contributed by atoms with Gasteiger partial charge < -0.3 is 20.4 Å². The first kappa shape index (κ1) is 28.0. The van der Waals surface area contributed by atoms with Gasteiger partial charge in [0.25, 0.3) is 11.8 Å². The van der Waals surface area contributed by atoms with Crippen LogP contribution in [0.15, 0.2) is 77.6 Å². The van der Waals surface area contributed by atoms with Crippen molar-refractivity contribution in [2.75, 3.05) is 18.5 Å². The van der Waals surface area contributed by atoms with E-state index >= 15 is 0 Å². The van der Waals surface area contributed by atoms with E-state index in [2.05, 4.69) is 35.4 Å². The number of aromatic nitrogens is 2. The Balaban J connectivity index is 1.62. The Bertz CT molecular complexity index is 1380. The minimum atomic E-state index is -0.0991. The molecule has 1 aliphatic heterocycles. The lowest BCUT2D eigenvalue weighted by molar-refractivity contribution is 0.0735. The molecule has 2 aromatic heterocycles. The maximum Gasteiger partial charge on any atom is 0.261 e. The molecular weight excluding hydrogens is 508 g/mol. The number of amides is 1. The number of ether oxygens (including phenoxy) is 1. The van der Waals surface area contributed by atoms with Gasteiger partial charge in [0.2, 0.25) is 0 Å². The molecule has 0 radical (unpaired) electrons. The van der Waals surface area contributed by atoms with Gasteiger partial charge in [-0.15, -0.1) is 16.4 Å². The first-order chi connectivity index (χ1) is 18.7. The summed E-state index contributed by atoms with van der Waals surface area (Å²) in [5.41, 5.74) is 3.72. The van der Waals surface area contributed by atoms with E-state index in [1.54, 1.807) is 23.5 Å². The van der Waals surface area contributed by atoms with Crippen LogP contribution in [0.5, 0.6) is 0 Å². The zero-order chi connectivity index (χ0) is 28.1. The van der Waals surface area contributed by atoms with E-state index in [4.69, 9.17) is 15.6 Å². The molecule has 4 rings (SSSR count). The van der Waals surface area contributed by atoms with Gasteiger partial charge in [0, 0.05) is 41.8 Å². The number of benzene rings is 1. The molecule has 2 atom stereocenters. The van der Waals surface area contributed by atoms with Crippen LogP contribution in [-0.4, -0.2) is 40.3 Å². The predicted molar refractivity (Wildman–Crippen MR) is 158 cm³/mol. The molecule has 3 aromatic rings. The Morgan fingerprint density at radius 1 is 1.28 bits per heavy atom. The molecule has 8 nitrogen and oxygen atoms in total. The van der Waals surface area contributed by atoms with Crippen LogP contribution in [0.2, 0.25) is 0 Å². The summed E-state index contributed by atoms with van der Waals surface area (Å²) in [4.78, 5) is 27.0. The number of thiazole rings is 1. The van der Waals surface area contributed by atoms with Crippen LogP contribution in [0.4, 0.5) is 5.82 Å². The van der Waals surface area contributed by atoms with Crippen LogP contribution in [0.25, 0.3) is 0 Å². The fraction of sp³-hybridized carbons (Fsp3) is 0.333. The average Bonchev–Trinajstić information content (AvgIpc) is 3.60. The van der Waals surface area contributed by atoms with Crippen LogP contribution in [0.1, 0.15) is 65.0 Å². The Labute approximate surface area is 234 Å². The van der Waals surface area contributed by atoms with Gasteiger partial charge in [-0.2, -0.15) is 0 Å². The van der Waals surface area contributed by atoms with Crippen molar-refractivity contribution in [3.63, 3.8) is 0 Å². The molecule has 1 saturated heterocycles. The largest absolute Gasteiger partial charge is 0.441 e. The lowest BCUT2D eigenvalue weighted by Gasteiger charge is -2.25. The summed E-state index contributed by atoms with van der Waals surface area (Å²) in [7, 11) is 1.85. The maximum atomic E-state index is 13.9. The van der Waals surface area contributed by atoms with Crippen molar-refractivity contribution < 1.29 is 9.53 Å². The van der Waals surface area contributed by atoms with Gasteiger partial charge >= 0.3 is 0 Å². The van der Waals surface area contributed by atoms with E-state index in [9.17, 15) is 4.79 Å². The molecule has 1 aromatic carbocycles. The Morgan fingerprint density at radius 3 is 2.67 bits per heavy atom. The molecule has 0 aliphatic carbocycles. The number of allylic oxidation sites excluding steroid dienone is 2. The number of carbonyl (C=O) groups excluding carboxylic acids is 1. The number of rotatable bonds is 9. The topological polar surface area (TPSA) is 96.9 Å². The second-order valence-electron chi connectivity index (χ2n) is 9.97. The highest BCUT2D eigenvalue weighted by atomic mass is 32.1. The third-order valence-electron chi connectivity index (χ3n) is 6.91. The maximum absolute atomic E-state index is 13.9. The fourth-order valence-corrected chi connectivity index (χ4v) is 5.47. The standard InChI is InChI=1S/C30H36N6O2S/c1-19(2)35(6)27-17-24(30(37)36-14-10-13-26(36)29-32-21(4)18-39-29)16-25(33-27)28(34-31)38-22(5)20(3)15-23-11-8-7-9-12-23/h7-9,11-12,16-18,20,26H,1,5,10,13-15,31H2,2-4,6H3/b34-28-/t20-,26+/m0/s1. The fourth-order valence-electron chi connectivity index (χ4n) is 4.53. The molecule has 1 amide bonds. The highest BCUT2D eigenvalue weighted by molar-refractivity contribution is 7.09. The van der Waals surface area contributed by atoms with Crippen molar-refractivity contribution in [3.05, 3.63) is 100.0 Å². The summed E-state index contributed by atoms with van der Waals surface area (Å²) >= 11 is 1.59. The monoisotopic (exact) mass is 544 g/mol. The number of likely N-dealkylation sites (tertiary alicyclic amines) is 1. The van der Waals surface area contributed by atoms with Gasteiger partial charge in [0.15, 0.2) is 0 Å². The Morgan fingerprint density at radius 2 is 2.03 bits per heavy atom. The molecule has 39 heavy (non-hydrogen) atoms. The number of hydrogen-bond donors (Lipinski definition) is 1. The van der Waals surface area contributed by atoms with Crippen molar-refractivity contribution in [1.29, 1.82) is 0 Å². The Kier molecular flexibility index (Phi) is 8.81. The highest BCUT2D eigenvalue weighted by Gasteiger charge is 2.33. The predicted octanol–water partition coefficient (Wildman–Crippen LogP) is 5.82. The summed E-state index contributed by atoms with van der Waals surface area (Å²) in [6.07, 6.45) is 2.55. The first-order valence-corrected chi connectivity index (χ1v) is 13.9. The zero-order valence-electron chi connectivity index (χ0n) is 23.1. The van der Waals surface area contributed by atoms with Crippen molar-refractivity contribution in [1.82, 2.24) is 14.9 Å². The van der Waals surface area contributed by atoms with Gasteiger partial charge in [-0.3, -0.25) is 4.79 Å².